The van der Waals surface area contributed by atoms with E-state index in [4.69, 9.17) is 11.4 Å². The van der Waals surface area contributed by atoms with Crippen LogP contribution in [-0.4, -0.2) is 9.55 Å². The summed E-state index contributed by atoms with van der Waals surface area (Å²) < 4.78 is 2.09. The Bertz CT molecular complexity index is 3970. The highest BCUT2D eigenvalue weighted by molar-refractivity contribution is 6.22. The number of hydrogen-bond acceptors (Lipinski definition) is 1. The fourth-order valence-electron chi connectivity index (χ4n) is 10.4. The second-order valence-corrected chi connectivity index (χ2v) is 19.2. The van der Waals surface area contributed by atoms with Gasteiger partial charge in [0.1, 0.15) is 5.82 Å². The molecule has 0 saturated heterocycles. The Morgan fingerprint density at radius 3 is 1.53 bits per heavy atom. The Labute approximate surface area is 435 Å². The van der Waals surface area contributed by atoms with Gasteiger partial charge < -0.3 is 0 Å². The third kappa shape index (κ3) is 9.25. The van der Waals surface area contributed by atoms with E-state index in [1.54, 1.807) is 0 Å². The van der Waals surface area contributed by atoms with Gasteiger partial charge in [0, 0.05) is 5.56 Å². The molecule has 74 heavy (non-hydrogen) atoms. The van der Waals surface area contributed by atoms with Crippen LogP contribution in [0.4, 0.5) is 0 Å². The van der Waals surface area contributed by atoms with Crippen LogP contribution >= 0.6 is 0 Å². The number of aromatic nitrogens is 2. The molecule has 2 nitrogen and oxygen atoms in total. The molecule has 0 amide bonds. The van der Waals surface area contributed by atoms with E-state index in [0.29, 0.717) is 5.92 Å². The highest BCUT2D eigenvalue weighted by atomic mass is 15.1. The van der Waals surface area contributed by atoms with Crippen molar-refractivity contribution < 1.29 is 0 Å². The lowest BCUT2D eigenvalue weighted by Gasteiger charge is -2.21. The zero-order chi connectivity index (χ0) is 50.5. The zero-order valence-electron chi connectivity index (χ0n) is 42.3. The van der Waals surface area contributed by atoms with Crippen molar-refractivity contribution in [2.45, 2.75) is 27.7 Å². The molecule has 0 unspecified atom stereocenters. The average molecular weight is 949 g/mol. The number of rotatable bonds is 12. The van der Waals surface area contributed by atoms with Gasteiger partial charge in [0.05, 0.1) is 16.7 Å². The highest BCUT2D eigenvalue weighted by Crippen LogP contribution is 2.48. The second kappa shape index (κ2) is 20.8. The monoisotopic (exact) mass is 948 g/mol. The molecule has 11 rings (SSSR count). The third-order valence-electron chi connectivity index (χ3n) is 14.0. The van der Waals surface area contributed by atoms with Crippen LogP contribution < -0.4 is 0 Å². The molecule has 0 atom stereocenters. The normalized spacial score (nSPS) is 12.2. The molecule has 2 heteroatoms. The summed E-state index contributed by atoms with van der Waals surface area (Å²) in [6.45, 7) is 8.60. The number of fused-ring (bicyclic) bond motifs is 3. The van der Waals surface area contributed by atoms with Crippen molar-refractivity contribution in [2.24, 2.45) is 5.92 Å². The van der Waals surface area contributed by atoms with E-state index in [0.717, 1.165) is 44.8 Å². The first-order chi connectivity index (χ1) is 36.4. The van der Waals surface area contributed by atoms with E-state index < -0.39 is 0 Å². The molecule has 10 aromatic carbocycles. The maximum Gasteiger partial charge on any atom is 0.146 e. The van der Waals surface area contributed by atoms with E-state index >= 15 is 0 Å². The molecule has 0 saturated carbocycles. The predicted molar refractivity (Wildman–Crippen MR) is 318 cm³/mol. The highest BCUT2D eigenvalue weighted by Gasteiger charge is 2.21. The van der Waals surface area contributed by atoms with Crippen LogP contribution in [0.25, 0.3) is 122 Å². The number of hydrogen-bond donors (Lipinski definition) is 0. The van der Waals surface area contributed by atoms with Crippen LogP contribution in [-0.2, 0) is 0 Å². The Kier molecular flexibility index (Phi) is 13.2. The molecule has 1 heterocycles. The fourth-order valence-corrected chi connectivity index (χ4v) is 10.4. The van der Waals surface area contributed by atoms with Crippen LogP contribution in [0, 0.1) is 18.3 Å². The summed E-state index contributed by atoms with van der Waals surface area (Å²) in [5, 5.41) is 4.76. The second-order valence-electron chi connectivity index (χ2n) is 19.2. The first kappa shape index (κ1) is 47.1. The summed E-state index contributed by atoms with van der Waals surface area (Å²) in [6.07, 6.45) is 18.9. The van der Waals surface area contributed by atoms with Gasteiger partial charge in [0.25, 0.3) is 0 Å². The van der Waals surface area contributed by atoms with Gasteiger partial charge in [-0.2, -0.15) is 0 Å². The van der Waals surface area contributed by atoms with Gasteiger partial charge in [-0.05, 0) is 180 Å². The van der Waals surface area contributed by atoms with Gasteiger partial charge in [0.2, 0.25) is 0 Å². The van der Waals surface area contributed by atoms with E-state index in [1.807, 2.05) is 43.4 Å². The minimum Gasteiger partial charge on any atom is -0.285 e. The lowest BCUT2D eigenvalue weighted by molar-refractivity contribution is 0.832. The largest absolute Gasteiger partial charge is 0.285 e. The Balaban J connectivity index is 1.18. The quantitative estimate of drug-likeness (QED) is 0.0678. The van der Waals surface area contributed by atoms with Crippen LogP contribution in [0.1, 0.15) is 33.3 Å². The standard InChI is InChI=1S/C72H56N2/c1-6-9-29-63(8-3)74-69-33-22-21-32-68(69)73-72(74)55-38-36-54(37-39-55)56-40-41-66-67(48-56)71(62-44-57(50(7-2)35-34-49(4)5)42-58(47-62)51-23-13-10-14-24-51)65-31-20-19-30-64(65)70(66)61-45-59(52-25-15-11-16-26-52)43-60(46-61)53-27-17-12-18-28-53/h3,6-7,9-49H,1-2,4-5H3/b9-6-,35-34-,50-7+,63-29+. The fraction of sp³-hybridized carbons (Fsp3) is 0.0694. The van der Waals surface area contributed by atoms with E-state index in [-0.39, 0.29) is 0 Å². The number of para-hydroxylation sites is 2. The number of allylic oxidation sites excluding steroid dienone is 8. The SMILES string of the molecule is C#C/C(=C\C=C/C)n1c(-c2ccc(-c3ccc4c(-c5cc(-c6ccccc6)cc(-c6ccccc6)c5)c5ccccc5c(-c5cc(C(/C=C\C(C)C)=C/C)cc(-c6ccccc6)c5)c4c3)cc2)nc2ccccc21. The van der Waals surface area contributed by atoms with Gasteiger partial charge in [-0.1, -0.05) is 214 Å². The summed E-state index contributed by atoms with van der Waals surface area (Å²) in [4.78, 5) is 5.14. The minimum absolute atomic E-state index is 0.416. The van der Waals surface area contributed by atoms with Crippen LogP contribution in [0.5, 0.6) is 0 Å². The van der Waals surface area contributed by atoms with E-state index in [2.05, 4.69) is 250 Å². The van der Waals surface area contributed by atoms with E-state index in [1.165, 1.54) is 82.8 Å². The van der Waals surface area contributed by atoms with Gasteiger partial charge in [-0.15, -0.1) is 6.42 Å². The predicted octanol–water partition coefficient (Wildman–Crippen LogP) is 19.7. The molecule has 0 N–H and O–H groups in total. The molecule has 0 bridgehead atoms. The van der Waals surface area contributed by atoms with Crippen molar-refractivity contribution >= 4 is 43.8 Å². The summed E-state index contributed by atoms with van der Waals surface area (Å²) in [5.74, 6) is 4.14. The van der Waals surface area contributed by atoms with Crippen LogP contribution in [0.3, 0.4) is 0 Å². The number of imidazole rings is 1. The molecule has 0 aliphatic rings. The van der Waals surface area contributed by atoms with Crippen molar-refractivity contribution in [1.29, 1.82) is 0 Å². The lowest BCUT2D eigenvalue weighted by atomic mass is 9.82. The van der Waals surface area contributed by atoms with Crippen molar-refractivity contribution in [2.75, 3.05) is 0 Å². The number of terminal acetylenes is 1. The summed E-state index contributed by atoms with van der Waals surface area (Å²) in [5.41, 5.74) is 19.9. The molecular formula is C72H56N2. The van der Waals surface area contributed by atoms with Crippen molar-refractivity contribution in [3.8, 4) is 90.5 Å². The molecule has 1 aromatic heterocycles. The summed E-state index contributed by atoms with van der Waals surface area (Å²) >= 11 is 0. The van der Waals surface area contributed by atoms with Gasteiger partial charge in [0.15, 0.2) is 0 Å². The van der Waals surface area contributed by atoms with Gasteiger partial charge in [-0.3, -0.25) is 4.57 Å². The summed E-state index contributed by atoms with van der Waals surface area (Å²) in [7, 11) is 0. The summed E-state index contributed by atoms with van der Waals surface area (Å²) in [6, 6.07) is 79.6. The van der Waals surface area contributed by atoms with Crippen LogP contribution in [0.2, 0.25) is 0 Å². The molecule has 0 spiro atoms. The molecule has 11 aromatic rings. The first-order valence-corrected chi connectivity index (χ1v) is 25.6. The smallest absolute Gasteiger partial charge is 0.146 e. The van der Waals surface area contributed by atoms with Crippen molar-refractivity contribution in [3.05, 3.63) is 260 Å². The molecule has 0 aliphatic carbocycles. The molecule has 0 aliphatic heterocycles. The lowest BCUT2D eigenvalue weighted by Crippen LogP contribution is -1.98. The van der Waals surface area contributed by atoms with Gasteiger partial charge >= 0.3 is 0 Å². The Morgan fingerprint density at radius 1 is 0.473 bits per heavy atom. The Hall–Kier alpha value is -9.29. The Morgan fingerprint density at radius 2 is 0.946 bits per heavy atom. The molecular weight excluding hydrogens is 893 g/mol. The third-order valence-corrected chi connectivity index (χ3v) is 14.0. The topological polar surface area (TPSA) is 17.8 Å². The first-order valence-electron chi connectivity index (χ1n) is 25.6. The van der Waals surface area contributed by atoms with E-state index in [9.17, 15) is 0 Å². The van der Waals surface area contributed by atoms with Crippen molar-refractivity contribution in [3.63, 3.8) is 0 Å². The molecule has 0 fully saturated rings. The maximum absolute atomic E-state index is 6.18. The zero-order valence-corrected chi connectivity index (χ0v) is 42.3. The van der Waals surface area contributed by atoms with Gasteiger partial charge in [-0.25, -0.2) is 4.98 Å². The minimum atomic E-state index is 0.416. The maximum atomic E-state index is 6.18. The number of benzene rings is 10. The van der Waals surface area contributed by atoms with Crippen LogP contribution in [0.15, 0.2) is 255 Å². The number of nitrogens with zero attached hydrogens (tertiary/aromatic N) is 2. The molecule has 354 valence electrons. The average Bonchev–Trinajstić information content (AvgIpc) is 3.85. The van der Waals surface area contributed by atoms with Crippen molar-refractivity contribution in [1.82, 2.24) is 9.55 Å². The molecule has 0 radical (unpaired) electrons.